The molecule has 32 heteroatoms. The van der Waals surface area contributed by atoms with Crippen molar-refractivity contribution in [2.24, 2.45) is 11.7 Å². The number of nitrogens with one attached hydrogen (secondary N) is 8. The van der Waals surface area contributed by atoms with Crippen molar-refractivity contribution in [1.29, 1.82) is 0 Å². The van der Waals surface area contributed by atoms with E-state index < -0.39 is 109 Å². The van der Waals surface area contributed by atoms with E-state index in [0.717, 1.165) is 22.3 Å². The molecule has 0 spiro atoms. The number of rotatable bonds is 38. The van der Waals surface area contributed by atoms with Gasteiger partial charge in [-0.15, -0.1) is 0 Å². The van der Waals surface area contributed by atoms with Gasteiger partial charge in [-0.05, 0) is 109 Å². The van der Waals surface area contributed by atoms with E-state index in [9.17, 15) is 57.8 Å². The zero-order valence-electron chi connectivity index (χ0n) is 61.7. The van der Waals surface area contributed by atoms with Crippen LogP contribution in [-0.2, 0) is 110 Å². The number of primary amides is 1. The van der Waals surface area contributed by atoms with Gasteiger partial charge in [-0.2, -0.15) is 0 Å². The molecule has 110 heavy (non-hydrogen) atoms. The standard InChI is InChI=1S/C78H91FN12O19/c1-5-78(103)56-37-62-71-54(41-91(62)74(99)55(56)43-109-75(78)100)69-58(23-22-53-47(4)57(79)38-60(87-71)68(53)69)86-66(95)44-108-45-84-65(94)39-83-77(102)110-42-48-16-20-52(21-17-48)85-72(97)59(14-10-27-82-76(80)101)88-73(98)70(46(2)3)89-64(93)26-29-104-31-33-106-35-36-107-34-32-105-30-28-81-63(92)24-25-67(96)90-40-51-13-7-6-11-49(51)18-19-50-12-8-9-15-61(50)90/h6-9,11-13,15-17,20-21,37-38,46,58-59,70,103H,5,10,14,22-36,39-45H2,1-4H3,(H,81,92)(H,83,102)(H,84,94)(H,85,97)(H,86,95)(H,88,98)(H,89,93)(H3,80,82,101)/t58-,59-,70-,78-/m0/s1. The highest BCUT2D eigenvalue weighted by Crippen LogP contribution is 2.46. The Morgan fingerprint density at radius 2 is 1.44 bits per heavy atom. The number of hydrogen-bond acceptors (Lipinski definition) is 20. The maximum absolute atomic E-state index is 15.4. The van der Waals surface area contributed by atoms with Crippen LogP contribution < -0.4 is 58.7 Å². The number of hydrogen-bond donors (Lipinski definition) is 10. The zero-order chi connectivity index (χ0) is 78.4. The topological polar surface area (TPSA) is 416 Å². The van der Waals surface area contributed by atoms with Gasteiger partial charge >= 0.3 is 18.1 Å². The number of anilines is 2. The number of pyridine rings is 2. The maximum atomic E-state index is 15.4. The number of nitrogens with zero attached hydrogens (tertiary/aromatic N) is 3. The molecule has 0 fully saturated rings. The highest BCUT2D eigenvalue weighted by atomic mass is 19.1. The Morgan fingerprint density at radius 1 is 0.736 bits per heavy atom. The minimum absolute atomic E-state index is 0.0206. The number of ether oxygens (including phenoxy) is 7. The van der Waals surface area contributed by atoms with Crippen LogP contribution in [-0.4, -0.2) is 172 Å². The lowest BCUT2D eigenvalue weighted by Crippen LogP contribution is -2.54. The molecule has 584 valence electrons. The van der Waals surface area contributed by atoms with Crippen molar-refractivity contribution >= 4 is 81.7 Å². The average Bonchev–Trinajstić information content (AvgIpc) is 1.49. The van der Waals surface area contributed by atoms with Gasteiger partial charge in [0.1, 0.15) is 51.0 Å². The molecule has 10 rings (SSSR count). The smallest absolute Gasteiger partial charge is 0.407 e. The monoisotopic (exact) mass is 1520 g/mol. The number of amides is 10. The molecule has 0 saturated heterocycles. The molecule has 0 bridgehead atoms. The van der Waals surface area contributed by atoms with Crippen molar-refractivity contribution < 1.29 is 90.6 Å². The van der Waals surface area contributed by atoms with E-state index in [4.69, 9.17) is 43.9 Å². The molecule has 0 saturated carbocycles. The predicted molar refractivity (Wildman–Crippen MR) is 396 cm³/mol. The highest BCUT2D eigenvalue weighted by molar-refractivity contribution is 6.00. The average molecular weight is 1520 g/mol. The summed E-state index contributed by atoms with van der Waals surface area (Å²) in [5, 5.41) is 33.3. The molecular formula is C78H91FN12O19. The molecule has 3 aliphatic heterocycles. The largest absolute Gasteiger partial charge is 0.458 e. The van der Waals surface area contributed by atoms with E-state index in [1.807, 2.05) is 48.5 Å². The minimum Gasteiger partial charge on any atom is -0.458 e. The van der Waals surface area contributed by atoms with Crippen LogP contribution in [0.5, 0.6) is 0 Å². The fourth-order valence-electron chi connectivity index (χ4n) is 13.2. The third-order valence-corrected chi connectivity index (χ3v) is 19.1. The molecular weight excluding hydrogens is 1430 g/mol. The molecule has 5 heterocycles. The number of aliphatic hydroxyl groups is 1. The fraction of sp³-hybridized carbons (Fsp3) is 0.436. The van der Waals surface area contributed by atoms with Crippen LogP contribution in [0.3, 0.4) is 0 Å². The second-order valence-corrected chi connectivity index (χ2v) is 26.9. The Bertz CT molecular complexity index is 4560. The minimum atomic E-state index is -2.06. The summed E-state index contributed by atoms with van der Waals surface area (Å²) >= 11 is 0. The van der Waals surface area contributed by atoms with Gasteiger partial charge in [0.15, 0.2) is 5.60 Å². The normalized spacial score (nSPS) is 15.4. The first-order chi connectivity index (χ1) is 53.0. The van der Waals surface area contributed by atoms with E-state index in [-0.39, 0.29) is 141 Å². The number of nitrogens with two attached hydrogens (primary N) is 1. The zero-order valence-corrected chi connectivity index (χ0v) is 61.7. The van der Waals surface area contributed by atoms with Gasteiger partial charge in [0.05, 0.1) is 100 Å². The number of carbonyl (C=O) groups is 10. The van der Waals surface area contributed by atoms with Crippen molar-refractivity contribution in [1.82, 2.24) is 46.8 Å². The summed E-state index contributed by atoms with van der Waals surface area (Å²) < 4.78 is 55.1. The molecule has 11 N–H and O–H groups in total. The first-order valence-corrected chi connectivity index (χ1v) is 36.5. The summed E-state index contributed by atoms with van der Waals surface area (Å²) in [6, 6.07) is 20.7. The first kappa shape index (κ1) is 81.3. The number of aromatic nitrogens is 2. The summed E-state index contributed by atoms with van der Waals surface area (Å²) in [5.74, 6) is 1.26. The van der Waals surface area contributed by atoms with E-state index in [1.54, 1.807) is 50.8 Å². The van der Waals surface area contributed by atoms with Crippen molar-refractivity contribution in [3.05, 3.63) is 157 Å². The number of halogens is 1. The number of esters is 1. The van der Waals surface area contributed by atoms with E-state index in [1.165, 1.54) is 22.8 Å². The lowest BCUT2D eigenvalue weighted by Gasteiger charge is -2.31. The van der Waals surface area contributed by atoms with E-state index >= 15 is 4.39 Å². The Hall–Kier alpha value is -11.2. The lowest BCUT2D eigenvalue weighted by molar-refractivity contribution is -0.172. The van der Waals surface area contributed by atoms with Crippen LogP contribution in [0.15, 0.2) is 89.7 Å². The first-order valence-electron chi connectivity index (χ1n) is 36.5. The van der Waals surface area contributed by atoms with Crippen LogP contribution in [0.4, 0.5) is 25.4 Å². The summed E-state index contributed by atoms with van der Waals surface area (Å²) in [5.41, 5.74) is 10.4. The number of alkyl carbamates (subject to hydrolysis) is 1. The molecule has 0 radical (unpaired) electrons. The van der Waals surface area contributed by atoms with Crippen LogP contribution in [0.25, 0.3) is 22.3 Å². The molecule has 31 nitrogen and oxygen atoms in total. The Kier molecular flexibility index (Phi) is 28.6. The van der Waals surface area contributed by atoms with Crippen molar-refractivity contribution in [2.45, 2.75) is 129 Å². The van der Waals surface area contributed by atoms with Crippen LogP contribution >= 0.6 is 0 Å². The number of cyclic esters (lactones) is 1. The maximum Gasteiger partial charge on any atom is 0.407 e. The number of carbonyl (C=O) groups excluding carboxylic acids is 10. The number of para-hydroxylation sites is 1. The highest BCUT2D eigenvalue weighted by Gasteiger charge is 2.46. The summed E-state index contributed by atoms with van der Waals surface area (Å²) in [4.78, 5) is 150. The number of fused-ring (bicyclic) bond motifs is 7. The number of urea groups is 1. The van der Waals surface area contributed by atoms with Gasteiger partial charge in [-0.3, -0.25) is 38.4 Å². The Morgan fingerprint density at radius 3 is 2.16 bits per heavy atom. The summed E-state index contributed by atoms with van der Waals surface area (Å²) in [6.45, 7) is 7.37. The summed E-state index contributed by atoms with van der Waals surface area (Å²) in [7, 11) is 0. The van der Waals surface area contributed by atoms with E-state index in [0.29, 0.717) is 81.9 Å². The van der Waals surface area contributed by atoms with Crippen LogP contribution in [0, 0.1) is 30.5 Å². The van der Waals surface area contributed by atoms with Crippen LogP contribution in [0.1, 0.15) is 127 Å². The van der Waals surface area contributed by atoms with Crippen LogP contribution in [0.2, 0.25) is 0 Å². The van der Waals surface area contributed by atoms with Crippen molar-refractivity contribution in [3.8, 4) is 23.2 Å². The van der Waals surface area contributed by atoms with Gasteiger partial charge in [-0.1, -0.05) is 75.1 Å². The second kappa shape index (κ2) is 38.7. The number of benzene rings is 4. The third-order valence-electron chi connectivity index (χ3n) is 19.1. The summed E-state index contributed by atoms with van der Waals surface area (Å²) in [6.07, 6.45) is 0.0453. The molecule has 1 aliphatic carbocycles. The molecule has 2 aromatic heterocycles. The van der Waals surface area contributed by atoms with Gasteiger partial charge in [0, 0.05) is 71.7 Å². The quantitative estimate of drug-likeness (QED) is 0.0113. The second-order valence-electron chi connectivity index (χ2n) is 26.9. The van der Waals surface area contributed by atoms with E-state index in [2.05, 4.69) is 54.4 Å². The van der Waals surface area contributed by atoms with Gasteiger partial charge < -0.3 is 96.0 Å². The lowest BCUT2D eigenvalue weighted by atomic mass is 9.81. The molecule has 4 atom stereocenters. The van der Waals surface area contributed by atoms with Gasteiger partial charge in [-0.25, -0.2) is 23.8 Å². The Balaban J connectivity index is 0.573. The molecule has 6 aromatic rings. The third kappa shape index (κ3) is 21.0. The number of aryl methyl sites for hydroxylation is 1. The van der Waals surface area contributed by atoms with Gasteiger partial charge in [0.25, 0.3) is 5.56 Å². The molecule has 10 amide bonds. The SMILES string of the molecule is CC[C@@]1(O)C(=O)OCc2c1cc1n(c2=O)Cc2c-1nc1cc(F)c(C)c3c1c2[C@@H](NC(=O)COCNC(=O)CNC(=O)OCc1ccc(NC(=O)[C@H](CCCNC(N)=O)NC(=O)[C@@H](NC(=O)CCOCCOCCOCCOCCNC(=O)CCC(=O)N2Cc4ccccc4C#Cc4ccccc42)C(C)C)cc1)CC3. The van der Waals surface area contributed by atoms with Crippen molar-refractivity contribution in [2.75, 3.05) is 96.0 Å². The molecule has 0 unspecified atom stereocenters. The predicted octanol–water partition coefficient (Wildman–Crippen LogP) is 3.96. The van der Waals surface area contributed by atoms with Gasteiger partial charge in [0.2, 0.25) is 41.4 Å². The fourth-order valence-corrected chi connectivity index (χ4v) is 13.2. The Labute approximate surface area is 633 Å². The molecule has 4 aliphatic rings. The molecule has 4 aromatic carbocycles. The van der Waals surface area contributed by atoms with Crippen molar-refractivity contribution in [3.63, 3.8) is 0 Å².